The monoisotopic (exact) mass is 154 g/mol. The van der Waals surface area contributed by atoms with Crippen LogP contribution in [-0.2, 0) is 0 Å². The molecule has 0 fully saturated rings. The first-order valence-electron chi connectivity index (χ1n) is 1.63. The van der Waals surface area contributed by atoms with Crippen molar-refractivity contribution in [2.24, 2.45) is 0 Å². The van der Waals surface area contributed by atoms with Gasteiger partial charge in [0, 0.05) is 11.6 Å². The van der Waals surface area contributed by atoms with Gasteiger partial charge < -0.3 is 5.11 Å². The third kappa shape index (κ3) is 544. The Morgan fingerprint density at radius 3 is 1.75 bits per heavy atom. The summed E-state index contributed by atoms with van der Waals surface area (Å²) in [6.07, 6.45) is 0. The molecule has 0 rings (SSSR count). The fourth-order valence-electron chi connectivity index (χ4n) is 0. The van der Waals surface area contributed by atoms with Gasteiger partial charge >= 0.3 is 45.8 Å². The van der Waals surface area contributed by atoms with Crippen LogP contribution in [0.15, 0.2) is 0 Å². The van der Waals surface area contributed by atoms with Crippen molar-refractivity contribution in [1.82, 2.24) is 0 Å². The standard InChI is InChI=1S/CHClO2.CHF2.Na/c2-1(3)4;2-1-3;/h(H,3,4);1H;. The summed E-state index contributed by atoms with van der Waals surface area (Å²) in [6, 6.07) is 0. The Bertz CT molecular complexity index is 62.3. The Hall–Kier alpha value is 0.620. The predicted molar refractivity (Wildman–Crippen MR) is 25.6 cm³/mol. The van der Waals surface area contributed by atoms with Crippen molar-refractivity contribution in [3.63, 3.8) is 0 Å². The van der Waals surface area contributed by atoms with Crippen LogP contribution < -0.4 is 0 Å². The Morgan fingerprint density at radius 1 is 1.75 bits per heavy atom. The summed E-state index contributed by atoms with van der Waals surface area (Å²) in [5.41, 5.74) is -1.36. The summed E-state index contributed by atoms with van der Waals surface area (Å²) in [6.45, 7) is 0. The van der Waals surface area contributed by atoms with Crippen molar-refractivity contribution in [3.8, 4) is 0 Å². The van der Waals surface area contributed by atoms with E-state index in [-0.39, 0.29) is 27.9 Å². The summed E-state index contributed by atoms with van der Waals surface area (Å²) < 4.78 is 18.8. The van der Waals surface area contributed by atoms with Gasteiger partial charge in [-0.25, -0.2) is 4.79 Å². The molecule has 0 aromatic carbocycles. The van der Waals surface area contributed by atoms with Crippen LogP contribution >= 0.6 is 11.6 Å². The van der Waals surface area contributed by atoms with E-state index in [1.807, 2.05) is 0 Å². The molecular weight excluding hydrogens is 152 g/mol. The van der Waals surface area contributed by atoms with E-state index in [0.29, 0.717) is 0 Å². The third-order valence-corrected chi connectivity index (χ3v) is 0. The fourth-order valence-corrected chi connectivity index (χ4v) is 0. The fraction of sp³-hybridized carbons (Fsp3) is 0.500. The van der Waals surface area contributed by atoms with Gasteiger partial charge in [0.25, 0.3) is 0 Å². The minimum atomic E-state index is -2.03. The second kappa shape index (κ2) is 7.62. The van der Waals surface area contributed by atoms with E-state index in [4.69, 9.17) is 9.90 Å². The number of alkyl halides is 2. The quantitative estimate of drug-likeness (QED) is 0.422. The summed E-state index contributed by atoms with van der Waals surface area (Å²) in [4.78, 5) is 8.77. The van der Waals surface area contributed by atoms with Gasteiger partial charge in [0.15, 0.2) is 0 Å². The van der Waals surface area contributed by atoms with E-state index in [9.17, 15) is 8.78 Å². The molecule has 0 aromatic rings. The van der Waals surface area contributed by atoms with Gasteiger partial charge in [0.1, 0.15) is 0 Å². The van der Waals surface area contributed by atoms with Crippen LogP contribution in [0.5, 0.6) is 0 Å². The van der Waals surface area contributed by atoms with Crippen LogP contribution in [0.1, 0.15) is 0 Å². The molecule has 0 aliphatic heterocycles. The van der Waals surface area contributed by atoms with Crippen LogP contribution in [0, 0.1) is 0 Å². The normalized spacial score (nSPS) is 7.75. The summed E-state index contributed by atoms with van der Waals surface area (Å²) in [5, 5.41) is 7.18. The molecule has 0 spiro atoms. The molecule has 2 nitrogen and oxygen atoms in total. The Kier molecular flexibility index (Phi) is 10.9. The van der Waals surface area contributed by atoms with E-state index in [1.165, 1.54) is 0 Å². The Balaban J connectivity index is 0. The van der Waals surface area contributed by atoms with Gasteiger partial charge in [-0.1, -0.05) is 0 Å². The number of carboxylic acid groups (broad SMARTS) is 1. The zero-order valence-electron chi connectivity index (χ0n) is 4.07. The first kappa shape index (κ1) is 11.4. The van der Waals surface area contributed by atoms with E-state index < -0.39 is 9.10 Å². The van der Waals surface area contributed by atoms with E-state index >= 15 is 0 Å². The topological polar surface area (TPSA) is 37.3 Å². The zero-order valence-corrected chi connectivity index (χ0v) is 6.82. The van der Waals surface area contributed by atoms with Crippen LogP contribution in [0.25, 0.3) is 0 Å². The molecule has 0 radical (unpaired) electrons. The molecule has 0 aliphatic rings. The maximum Gasteiger partial charge on any atom is 0.401 e. The number of hydrogen-bond donors (Lipinski definition) is 1. The summed E-state index contributed by atoms with van der Waals surface area (Å²) >= 11 is 4.21. The second-order valence-electron chi connectivity index (χ2n) is 0.772. The minimum absolute atomic E-state index is 0.0154. The number of rotatable bonds is 0. The molecule has 0 aromatic heterocycles. The van der Waals surface area contributed by atoms with Crippen LogP contribution in [0.3, 0.4) is 0 Å². The number of hydrogen-bond acceptors (Lipinski definition) is 1. The molecule has 0 saturated carbocycles. The van der Waals surface area contributed by atoms with Gasteiger partial charge in [0.05, 0.1) is 0 Å². The molecule has 44 valence electrons. The van der Waals surface area contributed by atoms with Crippen molar-refractivity contribution >= 4 is 45.0 Å². The van der Waals surface area contributed by atoms with Gasteiger partial charge in [-0.3, -0.25) is 0 Å². The summed E-state index contributed by atoms with van der Waals surface area (Å²) in [5.74, 6) is 0. The van der Waals surface area contributed by atoms with Gasteiger partial charge in [-0.2, -0.15) is 0 Å². The summed E-state index contributed by atoms with van der Waals surface area (Å²) in [7, 11) is 0. The van der Waals surface area contributed by atoms with E-state index in [1.54, 1.807) is 0 Å². The molecule has 0 saturated heterocycles. The largest absolute Gasteiger partial charge is 0.469 e. The first-order valence-corrected chi connectivity index (χ1v) is 3.16. The molecule has 0 atom stereocenters. The molecule has 8 heavy (non-hydrogen) atoms. The minimum Gasteiger partial charge on any atom is -0.469 e. The molecule has 0 heterocycles. The average molecular weight is 154 g/mol. The van der Waals surface area contributed by atoms with Gasteiger partial charge in [-0.05, 0) is 0 Å². The average Bonchev–Trinajstić information content (AvgIpc) is 1.25. The Labute approximate surface area is 67.2 Å². The molecule has 6 heteroatoms. The van der Waals surface area contributed by atoms with Crippen molar-refractivity contribution < 1.29 is 18.7 Å². The van der Waals surface area contributed by atoms with Crippen molar-refractivity contribution in [3.05, 3.63) is 0 Å². The number of carbonyl (C=O) groups is 1. The zero-order chi connectivity index (χ0) is 7.15. The SMILES string of the molecule is F[CH](F)[Na].O=C(O)Cl. The maximum absolute atomic E-state index is 10.4. The van der Waals surface area contributed by atoms with E-state index in [2.05, 4.69) is 11.6 Å². The first-order chi connectivity index (χ1) is 3.46. The van der Waals surface area contributed by atoms with Crippen molar-refractivity contribution in [2.45, 2.75) is 3.67 Å². The molecule has 0 amide bonds. The molecule has 0 unspecified atom stereocenters. The van der Waals surface area contributed by atoms with Gasteiger partial charge in [-0.15, -0.1) is 0 Å². The smallest absolute Gasteiger partial charge is 0.401 e. The number of halogens is 3. The third-order valence-electron chi connectivity index (χ3n) is 0. The Morgan fingerprint density at radius 2 is 1.75 bits per heavy atom. The molecular formula is C2H2ClF2NaO2. The maximum atomic E-state index is 10.4. The second-order valence-corrected chi connectivity index (χ2v) is 1.97. The van der Waals surface area contributed by atoms with Gasteiger partial charge in [0.2, 0.25) is 0 Å². The van der Waals surface area contributed by atoms with Crippen LogP contribution in [0.2, 0.25) is 0 Å². The molecule has 0 bridgehead atoms. The molecule has 0 aliphatic carbocycles. The predicted octanol–water partition coefficient (Wildman–Crippen LogP) is 1.28. The van der Waals surface area contributed by atoms with E-state index in [0.717, 1.165) is 0 Å². The van der Waals surface area contributed by atoms with Crippen LogP contribution in [-0.4, -0.2) is 42.1 Å². The van der Waals surface area contributed by atoms with Crippen molar-refractivity contribution in [2.75, 3.05) is 0 Å². The van der Waals surface area contributed by atoms with Crippen molar-refractivity contribution in [1.29, 1.82) is 0 Å². The van der Waals surface area contributed by atoms with Crippen LogP contribution in [0.4, 0.5) is 13.6 Å². The molecule has 1 N–H and O–H groups in total.